The van der Waals surface area contributed by atoms with Gasteiger partial charge in [0.2, 0.25) is 0 Å². The van der Waals surface area contributed by atoms with Crippen LogP contribution in [0.4, 0.5) is 5.82 Å². The number of carbonyl (C=O) groups excluding carboxylic acids is 1. The first-order valence-electron chi connectivity index (χ1n) is 10.5. The Morgan fingerprint density at radius 2 is 1.88 bits per heavy atom. The van der Waals surface area contributed by atoms with E-state index in [9.17, 15) is 4.79 Å². The fraction of sp³-hybridized carbons (Fsp3) is 0.333. The molecule has 168 valence electrons. The van der Waals surface area contributed by atoms with Crippen molar-refractivity contribution < 1.29 is 14.4 Å². The van der Waals surface area contributed by atoms with Crippen LogP contribution in [0.1, 0.15) is 48.3 Å². The molecule has 32 heavy (non-hydrogen) atoms. The zero-order chi connectivity index (χ0) is 23.1. The van der Waals surface area contributed by atoms with Crippen LogP contribution >= 0.6 is 0 Å². The molecule has 3 rings (SSSR count). The Morgan fingerprint density at radius 3 is 2.56 bits per heavy atom. The number of nitrogens with one attached hydrogen (secondary N) is 2. The van der Waals surface area contributed by atoms with Crippen LogP contribution in [0.5, 0.6) is 5.75 Å². The van der Waals surface area contributed by atoms with Gasteiger partial charge < -0.3 is 10.1 Å². The van der Waals surface area contributed by atoms with Crippen molar-refractivity contribution in [3.63, 3.8) is 0 Å². The topological polar surface area (TPSA) is 98.3 Å². The van der Waals surface area contributed by atoms with Gasteiger partial charge in [-0.05, 0) is 50.6 Å². The molecule has 1 amide bonds. The molecule has 0 aliphatic rings. The SMILES string of the molecule is COc1cc(C(=O)NOC(C)C)ccc1C(C)CNc1cc(-c2ccc(C)nc2)ncn1. The molecule has 1 atom stereocenters. The molecule has 0 saturated carbocycles. The predicted octanol–water partition coefficient (Wildman–Crippen LogP) is 4.14. The zero-order valence-electron chi connectivity index (χ0n) is 19.0. The lowest BCUT2D eigenvalue weighted by Gasteiger charge is -2.18. The van der Waals surface area contributed by atoms with Gasteiger partial charge in [0.1, 0.15) is 17.9 Å². The molecule has 1 aromatic carbocycles. The third kappa shape index (κ3) is 6.01. The number of hydrogen-bond acceptors (Lipinski definition) is 7. The Bertz CT molecular complexity index is 1050. The summed E-state index contributed by atoms with van der Waals surface area (Å²) in [5.41, 5.74) is 6.60. The first-order valence-corrected chi connectivity index (χ1v) is 10.5. The van der Waals surface area contributed by atoms with Crippen molar-refractivity contribution in [3.05, 3.63) is 65.7 Å². The van der Waals surface area contributed by atoms with Crippen molar-refractivity contribution in [1.29, 1.82) is 0 Å². The summed E-state index contributed by atoms with van der Waals surface area (Å²) in [5.74, 6) is 1.16. The Labute approximate surface area is 188 Å². The number of hydroxylamine groups is 1. The lowest BCUT2D eigenvalue weighted by molar-refractivity contribution is 0.000175. The number of nitrogens with zero attached hydrogens (tertiary/aromatic N) is 3. The van der Waals surface area contributed by atoms with E-state index in [0.29, 0.717) is 17.9 Å². The number of anilines is 1. The molecule has 8 heteroatoms. The second-order valence-corrected chi connectivity index (χ2v) is 7.81. The third-order valence-electron chi connectivity index (χ3n) is 4.88. The summed E-state index contributed by atoms with van der Waals surface area (Å²) in [6, 6.07) is 11.2. The molecular formula is C24H29N5O3. The molecule has 0 radical (unpaired) electrons. The summed E-state index contributed by atoms with van der Waals surface area (Å²) in [5, 5.41) is 3.36. The van der Waals surface area contributed by atoms with Gasteiger partial charge in [-0.1, -0.05) is 13.0 Å². The minimum atomic E-state index is -0.312. The minimum absolute atomic E-state index is 0.101. The zero-order valence-corrected chi connectivity index (χ0v) is 19.0. The van der Waals surface area contributed by atoms with Gasteiger partial charge >= 0.3 is 0 Å². The molecule has 3 aromatic rings. The van der Waals surface area contributed by atoms with Gasteiger partial charge in [-0.25, -0.2) is 15.4 Å². The monoisotopic (exact) mass is 435 g/mol. The van der Waals surface area contributed by atoms with Gasteiger partial charge in [0, 0.05) is 41.5 Å². The van der Waals surface area contributed by atoms with E-state index in [1.54, 1.807) is 25.4 Å². The minimum Gasteiger partial charge on any atom is -0.496 e. The summed E-state index contributed by atoms with van der Waals surface area (Å²) in [6.07, 6.45) is 3.24. The second-order valence-electron chi connectivity index (χ2n) is 7.81. The van der Waals surface area contributed by atoms with Crippen LogP contribution in [-0.4, -0.2) is 40.6 Å². The normalized spacial score (nSPS) is 11.8. The number of rotatable bonds is 9. The molecule has 0 saturated heterocycles. The molecule has 1 unspecified atom stereocenters. The predicted molar refractivity (Wildman–Crippen MR) is 124 cm³/mol. The fourth-order valence-corrected chi connectivity index (χ4v) is 3.09. The van der Waals surface area contributed by atoms with Crippen molar-refractivity contribution in [2.75, 3.05) is 19.0 Å². The molecular weight excluding hydrogens is 406 g/mol. The maximum atomic E-state index is 12.3. The quantitative estimate of drug-likeness (QED) is 0.487. The number of ether oxygens (including phenoxy) is 1. The van der Waals surface area contributed by atoms with E-state index >= 15 is 0 Å². The number of methoxy groups -OCH3 is 1. The van der Waals surface area contributed by atoms with Gasteiger partial charge in [0.15, 0.2) is 0 Å². The van der Waals surface area contributed by atoms with Crippen molar-refractivity contribution in [1.82, 2.24) is 20.4 Å². The van der Waals surface area contributed by atoms with Crippen LogP contribution < -0.4 is 15.5 Å². The van der Waals surface area contributed by atoms with Gasteiger partial charge in [0.05, 0.1) is 18.9 Å². The van der Waals surface area contributed by atoms with Crippen molar-refractivity contribution in [2.24, 2.45) is 0 Å². The van der Waals surface area contributed by atoms with E-state index in [-0.39, 0.29) is 17.9 Å². The number of aryl methyl sites for hydroxylation is 1. The maximum Gasteiger partial charge on any atom is 0.274 e. The molecule has 2 aromatic heterocycles. The van der Waals surface area contributed by atoms with Gasteiger partial charge in [0.25, 0.3) is 5.91 Å². The Morgan fingerprint density at radius 1 is 1.06 bits per heavy atom. The molecule has 0 bridgehead atoms. The highest BCUT2D eigenvalue weighted by atomic mass is 16.7. The highest BCUT2D eigenvalue weighted by Crippen LogP contribution is 2.28. The lowest BCUT2D eigenvalue weighted by Crippen LogP contribution is -2.27. The number of carbonyl (C=O) groups is 1. The Balaban J connectivity index is 1.68. The average Bonchev–Trinajstić information content (AvgIpc) is 2.81. The smallest absolute Gasteiger partial charge is 0.274 e. The highest BCUT2D eigenvalue weighted by Gasteiger charge is 2.16. The van der Waals surface area contributed by atoms with E-state index in [0.717, 1.165) is 28.3 Å². The highest BCUT2D eigenvalue weighted by molar-refractivity contribution is 5.94. The third-order valence-corrected chi connectivity index (χ3v) is 4.88. The standard InChI is InChI=1S/C24H29N5O3/c1-15(2)32-29-24(30)18-8-9-20(22(10-18)31-5)16(3)12-26-23-11-21(27-14-28-23)19-7-6-17(4)25-13-19/h6-11,13-16H,12H2,1-5H3,(H,29,30)(H,26,27,28). The number of benzene rings is 1. The maximum absolute atomic E-state index is 12.3. The average molecular weight is 436 g/mol. The summed E-state index contributed by atoms with van der Waals surface area (Å²) >= 11 is 0. The van der Waals surface area contributed by atoms with Crippen molar-refractivity contribution in [3.8, 4) is 17.0 Å². The molecule has 0 spiro atoms. The molecule has 0 aliphatic heterocycles. The van der Waals surface area contributed by atoms with E-state index in [1.165, 1.54) is 6.33 Å². The molecule has 0 fully saturated rings. The molecule has 0 aliphatic carbocycles. The van der Waals surface area contributed by atoms with E-state index in [4.69, 9.17) is 9.57 Å². The molecule has 2 N–H and O–H groups in total. The van der Waals surface area contributed by atoms with Crippen LogP contribution in [0.15, 0.2) is 48.9 Å². The number of hydrogen-bond donors (Lipinski definition) is 2. The Hall–Kier alpha value is -3.52. The van der Waals surface area contributed by atoms with Crippen molar-refractivity contribution in [2.45, 2.75) is 39.7 Å². The van der Waals surface area contributed by atoms with Gasteiger partial charge in [-0.2, -0.15) is 0 Å². The molecule has 8 nitrogen and oxygen atoms in total. The van der Waals surface area contributed by atoms with Crippen LogP contribution in [0.2, 0.25) is 0 Å². The van der Waals surface area contributed by atoms with Crippen molar-refractivity contribution >= 4 is 11.7 Å². The second kappa shape index (κ2) is 10.7. The summed E-state index contributed by atoms with van der Waals surface area (Å²) < 4.78 is 5.54. The summed E-state index contributed by atoms with van der Waals surface area (Å²) in [7, 11) is 1.59. The summed E-state index contributed by atoms with van der Waals surface area (Å²) in [4.78, 5) is 30.4. The summed E-state index contributed by atoms with van der Waals surface area (Å²) in [6.45, 7) is 8.35. The lowest BCUT2D eigenvalue weighted by atomic mass is 9.98. The Kier molecular flexibility index (Phi) is 7.72. The van der Waals surface area contributed by atoms with E-state index in [1.807, 2.05) is 45.0 Å². The van der Waals surface area contributed by atoms with Crippen LogP contribution in [0.25, 0.3) is 11.3 Å². The van der Waals surface area contributed by atoms with E-state index in [2.05, 4.69) is 32.7 Å². The number of pyridine rings is 1. The first-order chi connectivity index (χ1) is 15.4. The number of amides is 1. The van der Waals surface area contributed by atoms with Crippen LogP contribution in [0, 0.1) is 6.92 Å². The van der Waals surface area contributed by atoms with Gasteiger partial charge in [-0.3, -0.25) is 14.6 Å². The number of aromatic nitrogens is 3. The first kappa shape index (κ1) is 23.1. The van der Waals surface area contributed by atoms with Crippen LogP contribution in [0.3, 0.4) is 0 Å². The molecule has 2 heterocycles. The largest absolute Gasteiger partial charge is 0.496 e. The van der Waals surface area contributed by atoms with Crippen LogP contribution in [-0.2, 0) is 4.84 Å². The fourth-order valence-electron chi connectivity index (χ4n) is 3.09. The van der Waals surface area contributed by atoms with Gasteiger partial charge in [-0.15, -0.1) is 0 Å². The van der Waals surface area contributed by atoms with E-state index < -0.39 is 0 Å².